The molecule has 182 valence electrons. The Balaban J connectivity index is 1.83. The van der Waals surface area contributed by atoms with E-state index >= 15 is 0 Å². The first-order chi connectivity index (χ1) is 16.5. The van der Waals surface area contributed by atoms with Gasteiger partial charge in [0.1, 0.15) is 6.10 Å². The Morgan fingerprint density at radius 3 is 2.40 bits per heavy atom. The van der Waals surface area contributed by atoms with Gasteiger partial charge in [-0.1, -0.05) is 55.8 Å². The molecule has 0 heterocycles. The van der Waals surface area contributed by atoms with Crippen molar-refractivity contribution in [3.05, 3.63) is 95.8 Å². The Bertz CT molecular complexity index is 1240. The Morgan fingerprint density at radius 2 is 1.74 bits per heavy atom. The maximum absolute atomic E-state index is 14.1. The quantitative estimate of drug-likeness (QED) is 0.249. The predicted octanol–water partition coefficient (Wildman–Crippen LogP) is 5.93. The Kier molecular flexibility index (Phi) is 7.76. The number of para-hydroxylation sites is 2. The van der Waals surface area contributed by atoms with Gasteiger partial charge in [-0.15, -0.1) is 0 Å². The fourth-order valence-corrected chi connectivity index (χ4v) is 3.39. The van der Waals surface area contributed by atoms with Gasteiger partial charge in [-0.25, -0.2) is 9.18 Å². The minimum absolute atomic E-state index is 0.307. The van der Waals surface area contributed by atoms with E-state index in [4.69, 9.17) is 10.5 Å². The van der Waals surface area contributed by atoms with Crippen LogP contribution in [0.4, 0.5) is 26.2 Å². The number of phenolic OH excluding ortho intramolecular Hbond substituents is 1. The number of anilines is 3. The molecule has 0 spiro atoms. The van der Waals surface area contributed by atoms with E-state index < -0.39 is 35.1 Å². The zero-order chi connectivity index (χ0) is 25.6. The van der Waals surface area contributed by atoms with E-state index in [0.717, 1.165) is 11.6 Å². The fourth-order valence-electron chi connectivity index (χ4n) is 3.39. The summed E-state index contributed by atoms with van der Waals surface area (Å²) in [5, 5.41) is 14.9. The number of aromatic hydroxyl groups is 1. The number of phenols is 1. The molecule has 0 radical (unpaired) electrons. The normalized spacial score (nSPS) is 12.2. The lowest BCUT2D eigenvalue weighted by molar-refractivity contribution is -0.112. The number of amides is 2. The van der Waals surface area contributed by atoms with Gasteiger partial charge in [0.05, 0.1) is 11.4 Å². The standard InChI is InChI=1S/C27H28FN3O4/c1-17-8-11-19(12-9-17)30-26(34)35-25(18-10-13-23(32)20(28)16-18)27(2,3)15-14-24(33)31-22-7-5-4-6-21(22)29/h4-16,25,32H,29H2,1-3H3,(H,30,34)(H,31,33)/b15-14+/t25-/m0/s1. The first-order valence-electron chi connectivity index (χ1n) is 10.9. The van der Waals surface area contributed by atoms with Crippen molar-refractivity contribution < 1.29 is 23.8 Å². The molecular weight excluding hydrogens is 449 g/mol. The van der Waals surface area contributed by atoms with E-state index in [1.165, 1.54) is 18.2 Å². The number of ether oxygens (including phenoxy) is 1. The van der Waals surface area contributed by atoms with Crippen LogP contribution in [0.2, 0.25) is 0 Å². The van der Waals surface area contributed by atoms with Crippen molar-refractivity contribution in [1.29, 1.82) is 0 Å². The van der Waals surface area contributed by atoms with Crippen molar-refractivity contribution in [2.45, 2.75) is 26.9 Å². The number of carbonyl (C=O) groups excluding carboxylic acids is 2. The van der Waals surface area contributed by atoms with Crippen LogP contribution in [0.25, 0.3) is 0 Å². The van der Waals surface area contributed by atoms with Gasteiger partial charge in [0, 0.05) is 11.1 Å². The molecule has 0 saturated carbocycles. The molecule has 0 aliphatic heterocycles. The van der Waals surface area contributed by atoms with Crippen molar-refractivity contribution in [2.24, 2.45) is 5.41 Å². The maximum Gasteiger partial charge on any atom is 0.412 e. The predicted molar refractivity (Wildman–Crippen MR) is 134 cm³/mol. The molecular formula is C27H28FN3O4. The summed E-state index contributed by atoms with van der Waals surface area (Å²) in [6, 6.07) is 17.7. The Hall–Kier alpha value is -4.33. The Labute approximate surface area is 203 Å². The summed E-state index contributed by atoms with van der Waals surface area (Å²) in [7, 11) is 0. The largest absolute Gasteiger partial charge is 0.505 e. The van der Waals surface area contributed by atoms with E-state index in [2.05, 4.69) is 10.6 Å². The Morgan fingerprint density at radius 1 is 1.06 bits per heavy atom. The zero-order valence-electron chi connectivity index (χ0n) is 19.7. The SMILES string of the molecule is Cc1ccc(NC(=O)O[C@@H](c2ccc(O)c(F)c2)C(C)(C)/C=C/C(=O)Nc2ccccc2N)cc1. The molecule has 0 bridgehead atoms. The number of nitrogens with one attached hydrogen (secondary N) is 2. The third kappa shape index (κ3) is 6.83. The number of aryl methyl sites for hydroxylation is 1. The summed E-state index contributed by atoms with van der Waals surface area (Å²) >= 11 is 0. The van der Waals surface area contributed by atoms with Crippen molar-refractivity contribution >= 4 is 29.1 Å². The highest BCUT2D eigenvalue weighted by atomic mass is 19.1. The number of carbonyl (C=O) groups is 2. The van der Waals surface area contributed by atoms with Crippen molar-refractivity contribution in [2.75, 3.05) is 16.4 Å². The van der Waals surface area contributed by atoms with Gasteiger partial charge >= 0.3 is 6.09 Å². The molecule has 8 heteroatoms. The molecule has 0 aromatic heterocycles. The summed E-state index contributed by atoms with van der Waals surface area (Å²) in [5.41, 5.74) is 7.67. The van der Waals surface area contributed by atoms with Gasteiger partial charge in [-0.3, -0.25) is 10.1 Å². The molecule has 0 saturated heterocycles. The topological polar surface area (TPSA) is 114 Å². The number of rotatable bonds is 7. The molecule has 0 unspecified atom stereocenters. The monoisotopic (exact) mass is 477 g/mol. The highest BCUT2D eigenvalue weighted by Gasteiger charge is 2.33. The molecule has 7 nitrogen and oxygen atoms in total. The lowest BCUT2D eigenvalue weighted by atomic mass is 9.82. The van der Waals surface area contributed by atoms with Crippen LogP contribution in [-0.4, -0.2) is 17.1 Å². The lowest BCUT2D eigenvalue weighted by Gasteiger charge is -2.31. The average Bonchev–Trinajstić information content (AvgIpc) is 2.81. The third-order valence-corrected chi connectivity index (χ3v) is 5.36. The van der Waals surface area contributed by atoms with E-state index in [9.17, 15) is 19.1 Å². The van der Waals surface area contributed by atoms with Gasteiger partial charge in [0.2, 0.25) is 5.91 Å². The fraction of sp³-hybridized carbons (Fsp3) is 0.185. The number of benzene rings is 3. The van der Waals surface area contributed by atoms with Crippen LogP contribution in [-0.2, 0) is 9.53 Å². The first kappa shape index (κ1) is 25.3. The summed E-state index contributed by atoms with van der Waals surface area (Å²) < 4.78 is 19.8. The van der Waals surface area contributed by atoms with Crippen molar-refractivity contribution in [1.82, 2.24) is 0 Å². The van der Waals surface area contributed by atoms with Crippen LogP contribution in [0.1, 0.15) is 31.1 Å². The lowest BCUT2D eigenvalue weighted by Crippen LogP contribution is -2.28. The van der Waals surface area contributed by atoms with Gasteiger partial charge in [-0.05, 0) is 55.0 Å². The molecule has 3 aromatic rings. The minimum Gasteiger partial charge on any atom is -0.505 e. The van der Waals surface area contributed by atoms with Crippen LogP contribution in [0.3, 0.4) is 0 Å². The van der Waals surface area contributed by atoms with Crippen LogP contribution in [0.15, 0.2) is 78.9 Å². The molecule has 0 aliphatic rings. The van der Waals surface area contributed by atoms with Crippen LogP contribution < -0.4 is 16.4 Å². The van der Waals surface area contributed by atoms with Crippen molar-refractivity contribution in [3.8, 4) is 5.75 Å². The average molecular weight is 478 g/mol. The molecule has 0 aliphatic carbocycles. The van der Waals surface area contributed by atoms with Crippen LogP contribution in [0.5, 0.6) is 5.75 Å². The van der Waals surface area contributed by atoms with Gasteiger partial charge in [-0.2, -0.15) is 0 Å². The molecule has 3 aromatic carbocycles. The summed E-state index contributed by atoms with van der Waals surface area (Å²) in [6.45, 7) is 5.40. The molecule has 0 fully saturated rings. The smallest absolute Gasteiger partial charge is 0.412 e. The molecule has 2 amide bonds. The second-order valence-corrected chi connectivity index (χ2v) is 8.72. The number of hydrogen-bond acceptors (Lipinski definition) is 5. The maximum atomic E-state index is 14.1. The van der Waals surface area contributed by atoms with Gasteiger partial charge < -0.3 is 20.9 Å². The second-order valence-electron chi connectivity index (χ2n) is 8.72. The second kappa shape index (κ2) is 10.7. The molecule has 3 rings (SSSR count). The first-order valence-corrected chi connectivity index (χ1v) is 10.9. The molecule has 5 N–H and O–H groups in total. The summed E-state index contributed by atoms with van der Waals surface area (Å²) in [5.74, 6) is -1.81. The molecule has 1 atom stereocenters. The van der Waals surface area contributed by atoms with E-state index in [-0.39, 0.29) is 0 Å². The zero-order valence-corrected chi connectivity index (χ0v) is 19.7. The summed E-state index contributed by atoms with van der Waals surface area (Å²) in [4.78, 5) is 25.2. The summed E-state index contributed by atoms with van der Waals surface area (Å²) in [6.07, 6.45) is 1.12. The van der Waals surface area contributed by atoms with E-state index in [1.807, 2.05) is 19.1 Å². The van der Waals surface area contributed by atoms with Crippen LogP contribution >= 0.6 is 0 Å². The van der Waals surface area contributed by atoms with E-state index in [0.29, 0.717) is 22.6 Å². The number of hydrogen-bond donors (Lipinski definition) is 4. The highest BCUT2D eigenvalue weighted by Crippen LogP contribution is 2.39. The number of halogens is 1. The minimum atomic E-state index is -0.992. The number of nitrogens with two attached hydrogens (primary N) is 1. The highest BCUT2D eigenvalue weighted by molar-refractivity contribution is 6.01. The van der Waals surface area contributed by atoms with Gasteiger partial charge in [0.15, 0.2) is 11.6 Å². The number of nitrogen functional groups attached to an aromatic ring is 1. The third-order valence-electron chi connectivity index (χ3n) is 5.36. The van der Waals surface area contributed by atoms with Crippen molar-refractivity contribution in [3.63, 3.8) is 0 Å². The molecule has 35 heavy (non-hydrogen) atoms. The van der Waals surface area contributed by atoms with Crippen LogP contribution in [0, 0.1) is 18.2 Å². The van der Waals surface area contributed by atoms with E-state index in [1.54, 1.807) is 56.3 Å². The van der Waals surface area contributed by atoms with Gasteiger partial charge in [0.25, 0.3) is 0 Å².